The molecule has 1 atom stereocenters. The highest BCUT2D eigenvalue weighted by atomic mass is 35.5. The minimum Gasteiger partial charge on any atom is -0.384 e. The van der Waals surface area contributed by atoms with Gasteiger partial charge < -0.3 is 31.1 Å². The quantitative estimate of drug-likeness (QED) is 0.0150. The largest absolute Gasteiger partial charge is 0.416 e. The Balaban J connectivity index is 0.000000614. The fourth-order valence-electron chi connectivity index (χ4n) is 6.01. The Kier molecular flexibility index (Phi) is 36.0. The molecule has 1 aromatic heterocycles. The Bertz CT molecular complexity index is 4150. The van der Waals surface area contributed by atoms with E-state index in [1.54, 1.807) is 30.3 Å². The number of nitrogens with zero attached hydrogens (tertiary/aromatic N) is 13. The van der Waals surface area contributed by atoms with Crippen LogP contribution in [0.3, 0.4) is 0 Å². The smallest absolute Gasteiger partial charge is 0.384 e. The minimum absolute atomic E-state index is 0.00506. The number of hydrazine groups is 2. The van der Waals surface area contributed by atoms with Crippen LogP contribution in [0.15, 0.2) is 89.2 Å². The highest BCUT2D eigenvalue weighted by molar-refractivity contribution is 6.41. The molecule has 0 saturated heterocycles. The van der Waals surface area contributed by atoms with E-state index in [1.165, 1.54) is 6.07 Å². The second-order valence-electron chi connectivity index (χ2n) is 17.2. The molecule has 0 aliphatic rings. The van der Waals surface area contributed by atoms with Crippen LogP contribution in [0.2, 0.25) is 50.2 Å². The zero-order valence-corrected chi connectivity index (χ0v) is 55.7. The molecule has 6 aromatic rings. The van der Waals surface area contributed by atoms with Crippen molar-refractivity contribution in [2.75, 3.05) is 47.1 Å². The molecule has 0 aliphatic carbocycles. The summed E-state index contributed by atoms with van der Waals surface area (Å²) in [6, 6.07) is 16.1. The number of aromatic nitrogens is 2. The van der Waals surface area contributed by atoms with Crippen LogP contribution in [0.4, 0.5) is 94.4 Å². The van der Waals surface area contributed by atoms with E-state index < -0.39 is 64.7 Å². The van der Waals surface area contributed by atoms with Gasteiger partial charge in [-0.15, -0.1) is 0 Å². The highest BCUT2D eigenvalue weighted by Crippen LogP contribution is 2.43. The predicted octanol–water partition coefficient (Wildman–Crippen LogP) is 20.1. The number of hydrazone groups is 2. The van der Waals surface area contributed by atoms with Crippen LogP contribution in [-0.2, 0) is 30.9 Å². The van der Waals surface area contributed by atoms with Gasteiger partial charge in [-0.3, -0.25) is 16.7 Å². The Hall–Kier alpha value is -9.43. The molecule has 0 saturated carbocycles. The van der Waals surface area contributed by atoms with Crippen molar-refractivity contribution in [2.45, 2.75) is 36.9 Å². The van der Waals surface area contributed by atoms with Crippen LogP contribution in [0.25, 0.3) is 25.1 Å². The summed E-state index contributed by atoms with van der Waals surface area (Å²) in [6.45, 7) is 25.2. The maximum Gasteiger partial charge on any atom is 0.416 e. The minimum atomic E-state index is -4.57. The zero-order valence-electron chi connectivity index (χ0n) is 48.1. The Morgan fingerprint density at radius 2 is 0.830 bits per heavy atom. The number of halogens is 25. The third-order valence-electron chi connectivity index (χ3n) is 10.4. The Morgan fingerprint density at radius 3 is 1.07 bits per heavy atom. The number of anilines is 5. The summed E-state index contributed by atoms with van der Waals surface area (Å²) in [5.41, 5.74) is 12.0. The first-order valence-electron chi connectivity index (χ1n) is 24.7. The molecule has 1 unspecified atom stereocenters. The van der Waals surface area contributed by atoms with Crippen molar-refractivity contribution < 1.29 is 65.9 Å². The van der Waals surface area contributed by atoms with Crippen molar-refractivity contribution in [1.82, 2.24) is 15.2 Å². The van der Waals surface area contributed by atoms with Crippen molar-refractivity contribution in [3.63, 3.8) is 0 Å². The third kappa shape index (κ3) is 28.8. The molecular formula is C55H29Cl10F15N20. The number of nitrogen functional groups attached to an aromatic ring is 2. The number of nitrogens with two attached hydrogens (primary N) is 2. The van der Waals surface area contributed by atoms with Crippen LogP contribution in [0.5, 0.6) is 0 Å². The normalized spacial score (nSPS) is 11.4. The second-order valence-corrected chi connectivity index (χ2v) is 21.3. The summed E-state index contributed by atoms with van der Waals surface area (Å²) in [4.78, 5) is 11.7. The average molecular weight is 1610 g/mol. The Labute approximate surface area is 604 Å². The lowest BCUT2D eigenvalue weighted by atomic mass is 10.2. The number of hydrogen-bond donors (Lipinski definition) is 7. The molecule has 0 aliphatic heterocycles. The lowest BCUT2D eigenvalue weighted by Crippen LogP contribution is -2.35. The standard InChI is InChI=1S/C11H5Cl2F3N4.C11H7Cl2F3N4.2C11H5Cl2F3N4.C7H5Cl2F3N2.C4H2N2/c12-7-1-5(11(14,15)16)2-8(13)10(7)20-9(18)3-6(4-17)19-20;3*1-18-5-7(4-17)19-20-10-8(12)2-6(3-9(10)13)11(14,15)16;8-4-1-3(7(10,11)12)2-5(9)6(4)14-13;1-6-4-2-3-5/h1-3H,18H2;2-3,7,19-20H,5H2;2*2-3,20H,5H2;1-2,14H,13H2;2,4H/b;;2*19-7-;;4-2+. The average Bonchev–Trinajstić information content (AvgIpc) is 1.44. The predicted molar refractivity (Wildman–Crippen MR) is 347 cm³/mol. The van der Waals surface area contributed by atoms with Gasteiger partial charge in [0.1, 0.15) is 29.7 Å². The Morgan fingerprint density at radius 1 is 0.510 bits per heavy atom. The summed E-state index contributed by atoms with van der Waals surface area (Å²) >= 11 is 56.8. The number of allylic oxidation sites excluding steroid dienone is 1. The molecule has 6 rings (SSSR count). The van der Waals surface area contributed by atoms with Gasteiger partial charge in [0.2, 0.25) is 18.0 Å². The molecule has 0 bridgehead atoms. The van der Waals surface area contributed by atoms with E-state index in [2.05, 4.69) is 61.8 Å². The summed E-state index contributed by atoms with van der Waals surface area (Å²) in [5, 5.41) is 50.8. The topological polar surface area (TPSA) is 291 Å². The number of nitrogens with one attached hydrogen (secondary N) is 5. The van der Waals surface area contributed by atoms with Gasteiger partial charge in [-0.2, -0.15) is 107 Å². The van der Waals surface area contributed by atoms with Gasteiger partial charge in [-0.1, -0.05) is 116 Å². The maximum absolute atomic E-state index is 12.6. The molecule has 0 amide bonds. The molecule has 1 heterocycles. The number of benzene rings is 5. The van der Waals surface area contributed by atoms with E-state index in [-0.39, 0.29) is 121 Å². The first-order valence-corrected chi connectivity index (χ1v) is 28.5. The van der Waals surface area contributed by atoms with Crippen molar-refractivity contribution >= 4 is 156 Å². The first-order chi connectivity index (χ1) is 46.4. The number of hydrogen-bond acceptors (Lipinski definition) is 15. The fourth-order valence-corrected chi connectivity index (χ4v) is 8.97. The first kappa shape index (κ1) is 88.6. The van der Waals surface area contributed by atoms with Crippen LogP contribution in [0, 0.1) is 82.9 Å². The molecule has 100 heavy (non-hydrogen) atoms. The molecule has 0 spiro atoms. The van der Waals surface area contributed by atoms with E-state index in [0.29, 0.717) is 36.4 Å². The molecule has 0 radical (unpaired) electrons. The van der Waals surface area contributed by atoms with Crippen LogP contribution in [0.1, 0.15) is 33.5 Å². The van der Waals surface area contributed by atoms with Crippen molar-refractivity contribution in [3.05, 3.63) is 208 Å². The molecule has 45 heteroatoms. The monoisotopic (exact) mass is 1600 g/mol. The van der Waals surface area contributed by atoms with Gasteiger partial charge >= 0.3 is 30.9 Å². The van der Waals surface area contributed by atoms with Gasteiger partial charge in [0, 0.05) is 12.1 Å². The highest BCUT2D eigenvalue weighted by Gasteiger charge is 2.36. The lowest BCUT2D eigenvalue weighted by molar-refractivity contribution is -0.138. The number of rotatable bonds is 12. The summed E-state index contributed by atoms with van der Waals surface area (Å²) in [6.07, 6.45) is -20.5. The zero-order chi connectivity index (χ0) is 76.8. The molecule has 20 nitrogen and oxygen atoms in total. The van der Waals surface area contributed by atoms with E-state index >= 15 is 0 Å². The SMILES string of the molecule is N#Cc1cc(N)n(-c2c(Cl)cc(C(F)(F)F)cc2Cl)n1.NNc1c(Cl)cc(C(F)(F)F)cc1Cl.[C-]#[N+]/C=C/C#N.[C-]#[N+]C/C(C#N)=N\Nc1c(Cl)cc(C(F)(F)F)cc1Cl.[C-]#[N+]C/C(C#N)=N\Nc1c(Cl)cc(C(F)(F)F)cc1Cl.[C-]#[N+]CC(C#N)NNc1c(Cl)cc(C(F)(F)F)cc1Cl. The van der Waals surface area contributed by atoms with Crippen LogP contribution < -0.4 is 38.7 Å². The number of nitriles is 5. The summed E-state index contributed by atoms with van der Waals surface area (Å²) in [5.74, 6) is 5.04. The van der Waals surface area contributed by atoms with Crippen molar-refractivity contribution in [3.8, 4) is 36.0 Å². The van der Waals surface area contributed by atoms with Gasteiger partial charge in [-0.05, 0) is 60.7 Å². The lowest BCUT2D eigenvalue weighted by Gasteiger charge is -2.15. The maximum atomic E-state index is 12.6. The van der Waals surface area contributed by atoms with Crippen molar-refractivity contribution in [1.29, 1.82) is 26.3 Å². The van der Waals surface area contributed by atoms with Gasteiger partial charge in [0.05, 0.1) is 120 Å². The second kappa shape index (κ2) is 40.6. The fraction of sp³-hybridized carbons (Fsp3) is 0.164. The molecule has 0 fully saturated rings. The van der Waals surface area contributed by atoms with Crippen LogP contribution >= 0.6 is 116 Å². The summed E-state index contributed by atoms with van der Waals surface area (Å²) in [7, 11) is 0. The van der Waals surface area contributed by atoms with E-state index in [4.69, 9.17) is 180 Å². The molecule has 9 N–H and O–H groups in total. The van der Waals surface area contributed by atoms with Gasteiger partial charge in [0.15, 0.2) is 17.9 Å². The van der Waals surface area contributed by atoms with E-state index in [1.807, 2.05) is 0 Å². The van der Waals surface area contributed by atoms with Crippen molar-refractivity contribution in [2.24, 2.45) is 16.0 Å². The number of alkyl halides is 15. The molecule has 524 valence electrons. The molecular weight excluding hydrogens is 1580 g/mol. The van der Waals surface area contributed by atoms with E-state index in [0.717, 1.165) is 41.2 Å². The molecule has 5 aromatic carbocycles. The third-order valence-corrected chi connectivity index (χ3v) is 13.3. The van der Waals surface area contributed by atoms with E-state index in [9.17, 15) is 65.9 Å². The summed E-state index contributed by atoms with van der Waals surface area (Å²) < 4.78 is 188. The van der Waals surface area contributed by atoms with Gasteiger partial charge in [0.25, 0.3) is 13.1 Å². The van der Waals surface area contributed by atoms with Gasteiger partial charge in [-0.25, -0.2) is 34.7 Å². The van der Waals surface area contributed by atoms with Crippen LogP contribution in [-0.4, -0.2) is 46.9 Å².